The summed E-state index contributed by atoms with van der Waals surface area (Å²) in [5.74, 6) is -5.12. The number of phenolic OH excluding ortho intramolecular Hbond substituents is 1. The maximum atomic E-state index is 13.6. The molecule has 0 bridgehead atoms. The highest BCUT2D eigenvalue weighted by Crippen LogP contribution is 2.52. The average molecular weight is 519 g/mol. The zero-order chi connectivity index (χ0) is 27.5. The highest BCUT2D eigenvalue weighted by atomic mass is 16.3. The summed E-state index contributed by atoms with van der Waals surface area (Å²) in [7, 11) is 0. The third-order valence-corrected chi connectivity index (χ3v) is 7.96. The van der Waals surface area contributed by atoms with Gasteiger partial charge in [-0.15, -0.1) is 0 Å². The third kappa shape index (κ3) is 3.75. The first-order valence-corrected chi connectivity index (χ1v) is 12.3. The summed E-state index contributed by atoms with van der Waals surface area (Å²) in [6, 6.07) is 4.13. The lowest BCUT2D eigenvalue weighted by atomic mass is 9.59. The number of aromatic nitrogens is 2. The molecule has 2 aromatic rings. The zero-order valence-electron chi connectivity index (χ0n) is 20.8. The SMILES string of the molecule is CC(=O)C1=C(C)C[C@@H]2C[C@@H]3Cc4c(CCC(=O)c5cc(O)ncn5)ccc(O)c4C(=O)C3=C(O)[C@]2(O)C1=O. The van der Waals surface area contributed by atoms with Gasteiger partial charge in [0.15, 0.2) is 23.0 Å². The van der Waals surface area contributed by atoms with Gasteiger partial charge in [0, 0.05) is 24.0 Å². The molecule has 1 aromatic carbocycles. The highest BCUT2D eigenvalue weighted by molar-refractivity contribution is 6.25. The Morgan fingerprint density at radius 3 is 2.53 bits per heavy atom. The summed E-state index contributed by atoms with van der Waals surface area (Å²) in [6.45, 7) is 2.87. The minimum absolute atomic E-state index is 0.0230. The lowest BCUT2D eigenvalue weighted by molar-refractivity contribution is -0.143. The first-order chi connectivity index (χ1) is 17.9. The molecule has 10 heteroatoms. The molecule has 10 nitrogen and oxygen atoms in total. The van der Waals surface area contributed by atoms with Gasteiger partial charge in [-0.25, -0.2) is 9.97 Å². The van der Waals surface area contributed by atoms with Crippen molar-refractivity contribution in [3.63, 3.8) is 0 Å². The summed E-state index contributed by atoms with van der Waals surface area (Å²) in [5, 5.41) is 42.7. The summed E-state index contributed by atoms with van der Waals surface area (Å²) < 4.78 is 0. The number of aliphatic hydroxyl groups excluding tert-OH is 1. The van der Waals surface area contributed by atoms with Crippen molar-refractivity contribution in [1.29, 1.82) is 0 Å². The van der Waals surface area contributed by atoms with Crippen LogP contribution in [0.5, 0.6) is 11.6 Å². The van der Waals surface area contributed by atoms with E-state index >= 15 is 0 Å². The summed E-state index contributed by atoms with van der Waals surface area (Å²) >= 11 is 0. The van der Waals surface area contributed by atoms with Gasteiger partial charge in [-0.2, -0.15) is 0 Å². The number of benzene rings is 1. The topological polar surface area (TPSA) is 175 Å². The van der Waals surface area contributed by atoms with Crippen LogP contribution < -0.4 is 0 Å². The van der Waals surface area contributed by atoms with E-state index in [0.717, 1.165) is 6.33 Å². The largest absolute Gasteiger partial charge is 0.508 e. The quantitative estimate of drug-likeness (QED) is 0.340. The molecular formula is C28H26N2O8. The van der Waals surface area contributed by atoms with E-state index in [1.54, 1.807) is 13.0 Å². The van der Waals surface area contributed by atoms with Crippen molar-refractivity contribution in [2.24, 2.45) is 11.8 Å². The Hall–Kier alpha value is -4.18. The van der Waals surface area contributed by atoms with Crippen LogP contribution in [0.2, 0.25) is 0 Å². The molecule has 1 aromatic heterocycles. The van der Waals surface area contributed by atoms with Crippen molar-refractivity contribution < 1.29 is 39.6 Å². The molecule has 0 aliphatic heterocycles. The number of Topliss-reactive ketones (excluding diaryl/α,β-unsaturated/α-hetero) is 4. The second-order valence-corrected chi connectivity index (χ2v) is 10.2. The summed E-state index contributed by atoms with van der Waals surface area (Å²) in [5.41, 5.74) is -0.941. The molecule has 3 atom stereocenters. The number of fused-ring (bicyclic) bond motifs is 3. The molecular weight excluding hydrogens is 492 g/mol. The van der Waals surface area contributed by atoms with Gasteiger partial charge < -0.3 is 20.4 Å². The lowest BCUT2D eigenvalue weighted by Gasteiger charge is -2.46. The van der Waals surface area contributed by atoms with Crippen LogP contribution in [0, 0.1) is 11.8 Å². The molecule has 0 amide bonds. The standard InChI is InChI=1S/C28H26N2O8/c1-12-7-16-8-15-9-17-14(3-5-19(32)18-10-21(34)30-11-29-18)4-6-20(33)24(17)25(35)23(15)27(37)28(16,38)26(36)22(12)13(2)31/h4,6,10-11,15-16,33,37-38H,3,5,7-9H2,1-2H3,(H,29,30,34)/t15-,16-,28-/m1/s1. The number of aliphatic hydroxyl groups is 2. The van der Waals surface area contributed by atoms with Crippen molar-refractivity contribution >= 4 is 23.1 Å². The molecule has 3 aliphatic rings. The molecule has 0 saturated carbocycles. The van der Waals surface area contributed by atoms with Crippen molar-refractivity contribution in [2.45, 2.75) is 51.6 Å². The van der Waals surface area contributed by atoms with Gasteiger partial charge in [0.1, 0.15) is 23.5 Å². The monoisotopic (exact) mass is 518 g/mol. The Labute approximate surface area is 217 Å². The molecule has 1 heterocycles. The summed E-state index contributed by atoms with van der Waals surface area (Å²) in [4.78, 5) is 59.1. The molecule has 0 radical (unpaired) electrons. The number of aryl methyl sites for hydroxylation is 1. The minimum atomic E-state index is -2.39. The van der Waals surface area contributed by atoms with E-state index in [9.17, 15) is 39.6 Å². The smallest absolute Gasteiger partial charge is 0.214 e. The predicted octanol–water partition coefficient (Wildman–Crippen LogP) is 2.50. The number of phenols is 1. The number of aromatic hydroxyl groups is 2. The van der Waals surface area contributed by atoms with Crippen LogP contribution in [0.3, 0.4) is 0 Å². The number of hydrogen-bond donors (Lipinski definition) is 4. The van der Waals surface area contributed by atoms with Crippen molar-refractivity contribution in [1.82, 2.24) is 9.97 Å². The normalized spacial score (nSPS) is 24.6. The molecule has 0 unspecified atom stereocenters. The van der Waals surface area contributed by atoms with Crippen LogP contribution in [-0.4, -0.2) is 59.1 Å². The van der Waals surface area contributed by atoms with Crippen LogP contribution in [-0.2, 0) is 22.4 Å². The fraction of sp³-hybridized carbons (Fsp3) is 0.357. The molecule has 0 spiro atoms. The van der Waals surface area contributed by atoms with Crippen LogP contribution in [0.4, 0.5) is 0 Å². The second-order valence-electron chi connectivity index (χ2n) is 10.2. The fourth-order valence-electron chi connectivity index (χ4n) is 6.20. The van der Waals surface area contributed by atoms with Gasteiger partial charge in [0.2, 0.25) is 11.7 Å². The number of allylic oxidation sites excluding steroid dienone is 2. The number of ketones is 4. The first-order valence-electron chi connectivity index (χ1n) is 12.3. The Morgan fingerprint density at radius 1 is 1.11 bits per heavy atom. The number of rotatable bonds is 5. The molecule has 38 heavy (non-hydrogen) atoms. The van der Waals surface area contributed by atoms with E-state index < -0.39 is 40.5 Å². The van der Waals surface area contributed by atoms with Crippen LogP contribution in [0.15, 0.2) is 47.0 Å². The molecule has 5 rings (SSSR count). The minimum Gasteiger partial charge on any atom is -0.508 e. The van der Waals surface area contributed by atoms with Crippen molar-refractivity contribution in [2.75, 3.05) is 0 Å². The number of hydrogen-bond acceptors (Lipinski definition) is 10. The number of carbonyl (C=O) groups is 4. The number of nitrogens with zero attached hydrogens (tertiary/aromatic N) is 2. The van der Waals surface area contributed by atoms with E-state index in [4.69, 9.17) is 0 Å². The zero-order valence-corrected chi connectivity index (χ0v) is 20.8. The second kappa shape index (κ2) is 8.98. The average Bonchev–Trinajstić information content (AvgIpc) is 2.85. The Morgan fingerprint density at radius 2 is 1.84 bits per heavy atom. The Kier molecular flexibility index (Phi) is 6.02. The van der Waals surface area contributed by atoms with E-state index in [2.05, 4.69) is 9.97 Å². The molecule has 0 saturated heterocycles. The fourth-order valence-corrected chi connectivity index (χ4v) is 6.20. The van der Waals surface area contributed by atoms with E-state index in [1.165, 1.54) is 19.1 Å². The van der Waals surface area contributed by atoms with Crippen LogP contribution in [0.1, 0.15) is 65.1 Å². The van der Waals surface area contributed by atoms with Crippen LogP contribution >= 0.6 is 0 Å². The Bertz CT molecular complexity index is 1500. The molecule has 4 N–H and O–H groups in total. The van der Waals surface area contributed by atoms with E-state index in [0.29, 0.717) is 16.7 Å². The third-order valence-electron chi connectivity index (χ3n) is 7.96. The van der Waals surface area contributed by atoms with Crippen molar-refractivity contribution in [3.8, 4) is 11.6 Å². The number of carbonyl (C=O) groups excluding carboxylic acids is 4. The van der Waals surface area contributed by atoms with Crippen molar-refractivity contribution in [3.05, 3.63) is 69.4 Å². The molecule has 3 aliphatic carbocycles. The predicted molar refractivity (Wildman–Crippen MR) is 132 cm³/mol. The first kappa shape index (κ1) is 25.5. The van der Waals surface area contributed by atoms with Gasteiger partial charge >= 0.3 is 0 Å². The van der Waals surface area contributed by atoms with Gasteiger partial charge in [-0.05, 0) is 62.6 Å². The van der Waals surface area contributed by atoms with Gasteiger partial charge in [0.25, 0.3) is 0 Å². The lowest BCUT2D eigenvalue weighted by Crippen LogP contribution is -2.56. The van der Waals surface area contributed by atoms with E-state index in [1.807, 2.05) is 0 Å². The van der Waals surface area contributed by atoms with E-state index in [-0.39, 0.29) is 71.9 Å². The van der Waals surface area contributed by atoms with Crippen LogP contribution in [0.25, 0.3) is 0 Å². The van der Waals surface area contributed by atoms with Gasteiger partial charge in [-0.1, -0.05) is 11.6 Å². The van der Waals surface area contributed by atoms with Gasteiger partial charge in [-0.3, -0.25) is 19.2 Å². The maximum absolute atomic E-state index is 13.6. The molecule has 196 valence electrons. The summed E-state index contributed by atoms with van der Waals surface area (Å²) in [6.07, 6.45) is 2.00. The Balaban J connectivity index is 1.52. The van der Waals surface area contributed by atoms with Gasteiger partial charge in [0.05, 0.1) is 11.1 Å². The maximum Gasteiger partial charge on any atom is 0.214 e. The highest BCUT2D eigenvalue weighted by Gasteiger charge is 2.58. The molecule has 0 fully saturated rings.